The van der Waals surface area contributed by atoms with E-state index in [-0.39, 0.29) is 5.91 Å². The van der Waals surface area contributed by atoms with Crippen molar-refractivity contribution in [1.29, 1.82) is 0 Å². The minimum Gasteiger partial charge on any atom is -0.456 e. The summed E-state index contributed by atoms with van der Waals surface area (Å²) in [6.45, 7) is 4.68. The standard InChI is InChI=1S/C24H30N2O4/c1-24(28)10-11-26(15-24)20-5-4-18(16-2-3-16)14-19(20)25-23(27)22-7-6-21(30-22)17-8-12-29-13-9-17/h4-7,14,16-17,28H,2-3,8-13,15H2,1H3,(H,25,27)/t24-/m1/s1. The van der Waals surface area contributed by atoms with E-state index in [9.17, 15) is 9.90 Å². The first-order valence-corrected chi connectivity index (χ1v) is 11.1. The maximum atomic E-state index is 13.0. The molecule has 0 radical (unpaired) electrons. The molecule has 2 N–H and O–H groups in total. The van der Waals surface area contributed by atoms with Crippen molar-refractivity contribution in [2.24, 2.45) is 0 Å². The Balaban J connectivity index is 1.37. The van der Waals surface area contributed by atoms with Gasteiger partial charge in [0, 0.05) is 32.2 Å². The van der Waals surface area contributed by atoms with Gasteiger partial charge in [0.05, 0.1) is 17.0 Å². The Morgan fingerprint density at radius 1 is 1.13 bits per heavy atom. The van der Waals surface area contributed by atoms with Crippen molar-refractivity contribution in [3.05, 3.63) is 47.4 Å². The van der Waals surface area contributed by atoms with Gasteiger partial charge in [-0.15, -0.1) is 0 Å². The van der Waals surface area contributed by atoms with Gasteiger partial charge in [0.25, 0.3) is 5.91 Å². The molecule has 0 unspecified atom stereocenters. The van der Waals surface area contributed by atoms with E-state index in [0.717, 1.165) is 56.2 Å². The number of hydrogen-bond donors (Lipinski definition) is 2. The molecule has 3 aliphatic rings. The molecule has 30 heavy (non-hydrogen) atoms. The lowest BCUT2D eigenvalue weighted by atomic mass is 9.98. The minimum absolute atomic E-state index is 0.228. The number of nitrogens with one attached hydrogen (secondary N) is 1. The van der Waals surface area contributed by atoms with Gasteiger partial charge in [0.1, 0.15) is 5.76 Å². The molecule has 6 nitrogen and oxygen atoms in total. The number of anilines is 2. The number of β-amino-alcohol motifs (C(OH)–C–C–N with tert-alkyl or cyclic N) is 1. The number of amides is 1. The second-order valence-corrected chi connectivity index (χ2v) is 9.26. The number of furan rings is 1. The van der Waals surface area contributed by atoms with Crippen molar-refractivity contribution in [3.63, 3.8) is 0 Å². The number of ether oxygens (including phenoxy) is 1. The topological polar surface area (TPSA) is 74.9 Å². The van der Waals surface area contributed by atoms with Gasteiger partial charge in [0.2, 0.25) is 0 Å². The maximum absolute atomic E-state index is 13.0. The van der Waals surface area contributed by atoms with Crippen LogP contribution in [-0.4, -0.2) is 42.9 Å². The fourth-order valence-electron chi connectivity index (χ4n) is 4.61. The van der Waals surface area contributed by atoms with Crippen LogP contribution in [0.1, 0.15) is 72.7 Å². The highest BCUT2D eigenvalue weighted by molar-refractivity contribution is 6.04. The molecular weight excluding hydrogens is 380 g/mol. The summed E-state index contributed by atoms with van der Waals surface area (Å²) in [4.78, 5) is 15.2. The van der Waals surface area contributed by atoms with Crippen molar-refractivity contribution in [2.75, 3.05) is 36.5 Å². The van der Waals surface area contributed by atoms with E-state index in [1.54, 1.807) is 6.07 Å². The van der Waals surface area contributed by atoms with Crippen molar-refractivity contribution in [3.8, 4) is 0 Å². The van der Waals surface area contributed by atoms with E-state index in [1.165, 1.54) is 18.4 Å². The molecule has 1 saturated carbocycles. The number of aliphatic hydroxyl groups is 1. The normalized spacial score (nSPS) is 24.9. The minimum atomic E-state index is -0.698. The van der Waals surface area contributed by atoms with Crippen LogP contribution in [0.2, 0.25) is 0 Å². The Kier molecular flexibility index (Phi) is 5.07. The summed E-state index contributed by atoms with van der Waals surface area (Å²) < 4.78 is 11.3. The zero-order chi connectivity index (χ0) is 20.7. The van der Waals surface area contributed by atoms with Gasteiger partial charge in [-0.2, -0.15) is 0 Å². The van der Waals surface area contributed by atoms with Gasteiger partial charge in [-0.25, -0.2) is 0 Å². The molecule has 160 valence electrons. The zero-order valence-electron chi connectivity index (χ0n) is 17.5. The second kappa shape index (κ2) is 7.75. The number of rotatable bonds is 5. The van der Waals surface area contributed by atoms with E-state index < -0.39 is 5.60 Å². The van der Waals surface area contributed by atoms with Crippen molar-refractivity contribution < 1.29 is 19.1 Å². The molecule has 0 bridgehead atoms. The SMILES string of the molecule is C[C@@]1(O)CCN(c2ccc(C3CC3)cc2NC(=O)c2ccc(C3CCOCC3)o2)C1. The number of hydrogen-bond acceptors (Lipinski definition) is 5. The van der Waals surface area contributed by atoms with Crippen molar-refractivity contribution >= 4 is 17.3 Å². The van der Waals surface area contributed by atoms with Gasteiger partial charge < -0.3 is 24.5 Å². The van der Waals surface area contributed by atoms with Crippen molar-refractivity contribution in [1.82, 2.24) is 0 Å². The third-order valence-corrected chi connectivity index (χ3v) is 6.58. The monoisotopic (exact) mass is 410 g/mol. The Morgan fingerprint density at radius 2 is 1.93 bits per heavy atom. The second-order valence-electron chi connectivity index (χ2n) is 9.26. The van der Waals surface area contributed by atoms with Crippen LogP contribution >= 0.6 is 0 Å². The molecule has 2 aromatic rings. The lowest BCUT2D eigenvalue weighted by Crippen LogP contribution is -2.30. The molecule has 1 atom stereocenters. The number of carbonyl (C=O) groups excluding carboxylic acids is 1. The zero-order valence-corrected chi connectivity index (χ0v) is 17.5. The molecule has 1 aliphatic carbocycles. The molecule has 5 rings (SSSR count). The highest BCUT2D eigenvalue weighted by Gasteiger charge is 2.33. The average molecular weight is 411 g/mol. The molecular formula is C24H30N2O4. The molecule has 1 amide bonds. The van der Waals surface area contributed by atoms with Gasteiger partial charge in [0.15, 0.2) is 5.76 Å². The summed E-state index contributed by atoms with van der Waals surface area (Å²) in [5.74, 6) is 1.90. The Bertz CT molecular complexity index is 925. The highest BCUT2D eigenvalue weighted by atomic mass is 16.5. The number of carbonyl (C=O) groups is 1. The van der Waals surface area contributed by atoms with Crippen LogP contribution in [0.15, 0.2) is 34.7 Å². The predicted octanol–water partition coefficient (Wildman–Crippen LogP) is 4.26. The predicted molar refractivity (Wildman–Crippen MR) is 115 cm³/mol. The Labute approximate surface area is 177 Å². The summed E-state index contributed by atoms with van der Waals surface area (Å²) in [6, 6.07) is 10.0. The first-order valence-electron chi connectivity index (χ1n) is 11.1. The summed E-state index contributed by atoms with van der Waals surface area (Å²) >= 11 is 0. The fraction of sp³-hybridized carbons (Fsp3) is 0.542. The van der Waals surface area contributed by atoms with Gasteiger partial charge in [-0.3, -0.25) is 4.79 Å². The van der Waals surface area contributed by atoms with Gasteiger partial charge in [-0.1, -0.05) is 6.07 Å². The molecule has 3 fully saturated rings. The average Bonchev–Trinajstić information content (AvgIpc) is 3.36. The Hall–Kier alpha value is -2.31. The maximum Gasteiger partial charge on any atom is 0.291 e. The summed E-state index contributed by atoms with van der Waals surface area (Å²) in [5, 5.41) is 13.5. The molecule has 1 aromatic heterocycles. The summed E-state index contributed by atoms with van der Waals surface area (Å²) in [5.41, 5.74) is 2.32. The quantitative estimate of drug-likeness (QED) is 0.770. The van der Waals surface area contributed by atoms with Crippen LogP contribution < -0.4 is 10.2 Å². The van der Waals surface area contributed by atoms with Gasteiger partial charge >= 0.3 is 0 Å². The number of nitrogens with zero attached hydrogens (tertiary/aromatic N) is 1. The fourth-order valence-corrected chi connectivity index (χ4v) is 4.61. The lowest BCUT2D eigenvalue weighted by Gasteiger charge is -2.24. The lowest BCUT2D eigenvalue weighted by molar-refractivity contribution is 0.0799. The van der Waals surface area contributed by atoms with E-state index in [2.05, 4.69) is 28.4 Å². The molecule has 1 aromatic carbocycles. The van der Waals surface area contributed by atoms with E-state index in [1.807, 2.05) is 13.0 Å². The van der Waals surface area contributed by atoms with E-state index in [0.29, 0.717) is 24.1 Å². The molecule has 0 spiro atoms. The summed E-state index contributed by atoms with van der Waals surface area (Å²) in [7, 11) is 0. The third kappa shape index (κ3) is 4.12. The molecule has 2 aliphatic heterocycles. The van der Waals surface area contributed by atoms with Gasteiger partial charge in [-0.05, 0) is 74.8 Å². The van der Waals surface area contributed by atoms with Crippen LogP contribution in [0.5, 0.6) is 0 Å². The molecule has 2 saturated heterocycles. The summed E-state index contributed by atoms with van der Waals surface area (Å²) in [6.07, 6.45) is 4.99. The number of benzene rings is 1. The smallest absolute Gasteiger partial charge is 0.291 e. The Morgan fingerprint density at radius 3 is 2.63 bits per heavy atom. The van der Waals surface area contributed by atoms with Crippen LogP contribution in [0.4, 0.5) is 11.4 Å². The van der Waals surface area contributed by atoms with Crippen molar-refractivity contribution in [2.45, 2.75) is 56.5 Å². The van der Waals surface area contributed by atoms with Crippen LogP contribution in [0, 0.1) is 0 Å². The first kappa shape index (κ1) is 19.6. The molecule has 6 heteroatoms. The molecule has 3 heterocycles. The van der Waals surface area contributed by atoms with E-state index >= 15 is 0 Å². The van der Waals surface area contributed by atoms with Crippen LogP contribution in [0.25, 0.3) is 0 Å². The highest BCUT2D eigenvalue weighted by Crippen LogP contribution is 2.43. The van der Waals surface area contributed by atoms with E-state index in [4.69, 9.17) is 9.15 Å². The third-order valence-electron chi connectivity index (χ3n) is 6.58. The first-order chi connectivity index (χ1) is 14.5. The largest absolute Gasteiger partial charge is 0.456 e. The van der Waals surface area contributed by atoms with Crippen LogP contribution in [-0.2, 0) is 4.74 Å². The van der Waals surface area contributed by atoms with Crippen LogP contribution in [0.3, 0.4) is 0 Å².